The van der Waals surface area contributed by atoms with E-state index in [1.54, 1.807) is 6.20 Å². The minimum absolute atomic E-state index is 0.0942. The number of nitrogens with one attached hydrogen (secondary N) is 2. The first kappa shape index (κ1) is 32.4. The highest BCUT2D eigenvalue weighted by atomic mass is 16.6. The van der Waals surface area contributed by atoms with Crippen molar-refractivity contribution in [3.8, 4) is 5.75 Å². The molecule has 8 heterocycles. The molecule has 15 nitrogen and oxygen atoms in total. The van der Waals surface area contributed by atoms with Crippen LogP contribution in [0.5, 0.6) is 5.75 Å². The summed E-state index contributed by atoms with van der Waals surface area (Å²) in [6.07, 6.45) is 4.96. The number of piperidine rings is 1. The van der Waals surface area contributed by atoms with Crippen LogP contribution in [0.4, 0.5) is 23.5 Å². The van der Waals surface area contributed by atoms with E-state index in [1.165, 1.54) is 13.1 Å². The number of aromatic nitrogens is 6. The van der Waals surface area contributed by atoms with E-state index >= 15 is 0 Å². The standard InChI is InChI=1S/C17H24N6O.C16H22N6O2/c1-11-6-12(2)20-15-13(11)14(18)21-16(22-15)19-4-3-5-23-7-17(8-23)9-24-10-17;1-22-4-2-10(3-5-22)19-16-20-14(17)13-6-11(7-18-15(13)21-16)24-12-8-23-9-12/h6H,3-5,7-10H2,1-2H3,(H3,18,19,20,21,22);6-7,10,12H,2-5,8-9H2,1H3,(H3,17,18,19,20,21). The highest BCUT2D eigenvalue weighted by Gasteiger charge is 2.48. The molecule has 0 amide bonds. The molecule has 48 heavy (non-hydrogen) atoms. The number of hydrogen-bond acceptors (Lipinski definition) is 15. The molecular formula is C33H46N12O3. The number of nitrogens with two attached hydrogens (primary N) is 2. The Kier molecular flexibility index (Phi) is 9.27. The Labute approximate surface area is 280 Å². The van der Waals surface area contributed by atoms with Crippen LogP contribution in [-0.2, 0) is 9.47 Å². The third-order valence-electron chi connectivity index (χ3n) is 9.41. The molecule has 0 bridgehead atoms. The molecule has 4 fully saturated rings. The van der Waals surface area contributed by atoms with Gasteiger partial charge in [-0.2, -0.15) is 19.9 Å². The average Bonchev–Trinajstić information content (AvgIpc) is 2.98. The molecule has 0 saturated carbocycles. The quantitative estimate of drug-likeness (QED) is 0.192. The van der Waals surface area contributed by atoms with Crippen molar-refractivity contribution in [2.24, 2.45) is 5.41 Å². The van der Waals surface area contributed by atoms with Crippen LogP contribution in [0.15, 0.2) is 18.3 Å². The van der Waals surface area contributed by atoms with Crippen LogP contribution in [0.2, 0.25) is 0 Å². The van der Waals surface area contributed by atoms with Gasteiger partial charge in [0.1, 0.15) is 23.5 Å². The monoisotopic (exact) mass is 658 g/mol. The normalized spacial score (nSPS) is 19.6. The van der Waals surface area contributed by atoms with Crippen molar-refractivity contribution in [3.63, 3.8) is 0 Å². The molecule has 4 saturated heterocycles. The van der Waals surface area contributed by atoms with Gasteiger partial charge in [0.25, 0.3) is 0 Å². The maximum absolute atomic E-state index is 6.11. The lowest BCUT2D eigenvalue weighted by Gasteiger charge is -2.55. The van der Waals surface area contributed by atoms with Crippen molar-refractivity contribution in [2.75, 3.05) is 94.8 Å². The fraction of sp³-hybridized carbons (Fsp3) is 0.576. The van der Waals surface area contributed by atoms with E-state index in [2.05, 4.69) is 57.4 Å². The second-order valence-electron chi connectivity index (χ2n) is 13.7. The van der Waals surface area contributed by atoms with Crippen LogP contribution in [0.3, 0.4) is 0 Å². The third kappa shape index (κ3) is 7.28. The Bertz CT molecular complexity index is 1750. The number of aryl methyl sites for hydroxylation is 2. The molecule has 8 rings (SSSR count). The molecule has 0 unspecified atom stereocenters. The van der Waals surface area contributed by atoms with E-state index in [0.29, 0.717) is 70.6 Å². The van der Waals surface area contributed by atoms with Crippen molar-refractivity contribution in [1.29, 1.82) is 0 Å². The summed E-state index contributed by atoms with van der Waals surface area (Å²) in [4.78, 5) is 31.4. The molecule has 0 aromatic carbocycles. The maximum Gasteiger partial charge on any atom is 0.226 e. The van der Waals surface area contributed by atoms with Crippen molar-refractivity contribution in [3.05, 3.63) is 29.6 Å². The highest BCUT2D eigenvalue weighted by Crippen LogP contribution is 2.37. The molecule has 4 aromatic heterocycles. The molecule has 6 N–H and O–H groups in total. The van der Waals surface area contributed by atoms with Crippen molar-refractivity contribution in [2.45, 2.75) is 45.3 Å². The van der Waals surface area contributed by atoms with Crippen LogP contribution < -0.4 is 26.8 Å². The first-order valence-electron chi connectivity index (χ1n) is 16.8. The van der Waals surface area contributed by atoms with Gasteiger partial charge in [0.15, 0.2) is 11.3 Å². The van der Waals surface area contributed by atoms with E-state index in [-0.39, 0.29) is 6.10 Å². The van der Waals surface area contributed by atoms with E-state index in [0.717, 1.165) is 75.3 Å². The Morgan fingerprint density at radius 3 is 2.40 bits per heavy atom. The van der Waals surface area contributed by atoms with Gasteiger partial charge in [-0.05, 0) is 77.5 Å². The average molecular weight is 659 g/mol. The smallest absolute Gasteiger partial charge is 0.226 e. The molecule has 4 aromatic rings. The van der Waals surface area contributed by atoms with E-state index in [4.69, 9.17) is 25.7 Å². The summed E-state index contributed by atoms with van der Waals surface area (Å²) in [5.41, 5.74) is 15.9. The van der Waals surface area contributed by atoms with Gasteiger partial charge in [0.05, 0.1) is 43.4 Å². The molecule has 256 valence electrons. The first-order valence-corrected chi connectivity index (χ1v) is 16.8. The maximum atomic E-state index is 6.11. The van der Waals surface area contributed by atoms with Crippen molar-refractivity contribution < 1.29 is 14.2 Å². The lowest BCUT2D eigenvalue weighted by molar-refractivity contribution is -0.188. The van der Waals surface area contributed by atoms with E-state index in [9.17, 15) is 0 Å². The number of pyridine rings is 2. The molecule has 0 aliphatic carbocycles. The largest absolute Gasteiger partial charge is 0.484 e. The van der Waals surface area contributed by atoms with E-state index in [1.807, 2.05) is 26.0 Å². The Balaban J connectivity index is 0.000000152. The van der Waals surface area contributed by atoms with Gasteiger partial charge in [-0.1, -0.05) is 0 Å². The Hall–Kier alpha value is -4.18. The van der Waals surface area contributed by atoms with Crippen LogP contribution in [0.1, 0.15) is 30.5 Å². The number of hydrogen-bond donors (Lipinski definition) is 4. The lowest BCUT2D eigenvalue weighted by atomic mass is 9.78. The summed E-state index contributed by atoms with van der Waals surface area (Å²) in [5.74, 6) is 2.68. The molecular weight excluding hydrogens is 612 g/mol. The number of fused-ring (bicyclic) bond motifs is 2. The predicted octanol–water partition coefficient (Wildman–Crippen LogP) is 2.25. The number of likely N-dealkylation sites (tertiary alicyclic amines) is 2. The van der Waals surface area contributed by atoms with Crippen molar-refractivity contribution in [1.82, 2.24) is 39.7 Å². The van der Waals surface area contributed by atoms with Gasteiger partial charge in [0, 0.05) is 36.8 Å². The van der Waals surface area contributed by atoms with Gasteiger partial charge >= 0.3 is 0 Å². The molecule has 4 aliphatic rings. The zero-order chi connectivity index (χ0) is 33.3. The summed E-state index contributed by atoms with van der Waals surface area (Å²) in [5, 5.41) is 8.21. The molecule has 1 spiro atoms. The van der Waals surface area contributed by atoms with E-state index < -0.39 is 0 Å². The van der Waals surface area contributed by atoms with Gasteiger partial charge in [-0.25, -0.2) is 9.97 Å². The molecule has 0 atom stereocenters. The second-order valence-corrected chi connectivity index (χ2v) is 13.7. The van der Waals surface area contributed by atoms with Gasteiger partial charge < -0.3 is 46.1 Å². The van der Waals surface area contributed by atoms with Gasteiger partial charge in [0.2, 0.25) is 11.9 Å². The van der Waals surface area contributed by atoms with Crippen molar-refractivity contribution >= 4 is 45.6 Å². The molecule has 4 aliphatic heterocycles. The summed E-state index contributed by atoms with van der Waals surface area (Å²) in [6.45, 7) is 13.5. The predicted molar refractivity (Wildman–Crippen MR) is 185 cm³/mol. The highest BCUT2D eigenvalue weighted by molar-refractivity contribution is 5.89. The number of nitrogens with zero attached hydrogens (tertiary/aromatic N) is 8. The minimum Gasteiger partial charge on any atom is -0.484 e. The number of ether oxygens (including phenoxy) is 3. The third-order valence-corrected chi connectivity index (χ3v) is 9.41. The van der Waals surface area contributed by atoms with Crippen LogP contribution in [0.25, 0.3) is 22.1 Å². The number of rotatable bonds is 9. The summed E-state index contributed by atoms with van der Waals surface area (Å²) < 4.78 is 16.2. The topological polar surface area (TPSA) is 188 Å². The van der Waals surface area contributed by atoms with Crippen LogP contribution in [0, 0.1) is 19.3 Å². The molecule has 15 heteroatoms. The Morgan fingerprint density at radius 1 is 0.938 bits per heavy atom. The zero-order valence-corrected chi connectivity index (χ0v) is 28.0. The second kappa shape index (κ2) is 13.7. The first-order chi connectivity index (χ1) is 23.2. The summed E-state index contributed by atoms with van der Waals surface area (Å²) in [6, 6.07) is 4.22. The minimum atomic E-state index is 0.0942. The van der Waals surface area contributed by atoms with Gasteiger partial charge in [-0.15, -0.1) is 0 Å². The number of anilines is 4. The van der Waals surface area contributed by atoms with Crippen LogP contribution in [-0.4, -0.2) is 125 Å². The Morgan fingerprint density at radius 2 is 1.69 bits per heavy atom. The van der Waals surface area contributed by atoms with Gasteiger partial charge in [-0.3, -0.25) is 0 Å². The fourth-order valence-corrected chi connectivity index (χ4v) is 6.68. The summed E-state index contributed by atoms with van der Waals surface area (Å²) in [7, 11) is 2.14. The van der Waals surface area contributed by atoms with Crippen LogP contribution >= 0.6 is 0 Å². The fourth-order valence-electron chi connectivity index (χ4n) is 6.68. The lowest BCUT2D eigenvalue weighted by Crippen LogP contribution is -2.65. The SMILES string of the molecule is CN1CCC(Nc2nc(N)c3cc(OC4COC4)cnc3n2)CC1.Cc1cc(C)c2c(N)nc(NCCCN3CC4(COC4)C3)nc2n1. The molecule has 0 radical (unpaired) electrons. The number of nitrogen functional groups attached to an aromatic ring is 2. The zero-order valence-electron chi connectivity index (χ0n) is 28.0. The summed E-state index contributed by atoms with van der Waals surface area (Å²) >= 11 is 0.